The van der Waals surface area contributed by atoms with E-state index in [9.17, 15) is 28.3 Å². The molecule has 1 aliphatic rings. The lowest BCUT2D eigenvalue weighted by atomic mass is 9.97. The number of halogens is 3. The van der Waals surface area contributed by atoms with Crippen LogP contribution in [0.1, 0.15) is 63.3 Å². The molecular weight excluding hydrogens is 443 g/mol. The fourth-order valence-electron chi connectivity index (χ4n) is 3.84. The number of carbonyl (C=O) groups excluding carboxylic acids is 1. The molecule has 0 spiro atoms. The second kappa shape index (κ2) is 10.2. The molecule has 0 aliphatic heterocycles. The molecule has 0 aromatic heterocycles. The lowest BCUT2D eigenvalue weighted by Crippen LogP contribution is -2.52. The summed E-state index contributed by atoms with van der Waals surface area (Å²) in [7, 11) is 0. The zero-order valence-corrected chi connectivity index (χ0v) is 19.5. The fourth-order valence-corrected chi connectivity index (χ4v) is 3.84. The predicted molar refractivity (Wildman–Crippen MR) is 123 cm³/mol. The SMILES string of the molecule is CC(C)C[C@H](N[C@@H](c1ccc(-c2ccc(C(C)O)cc2)cc1)C(F)(F)F)C(=O)NC1(C#N)CC1. The molecule has 1 aliphatic carbocycles. The van der Waals surface area contributed by atoms with Crippen LogP contribution in [0.3, 0.4) is 0 Å². The Bertz CT molecular complexity index is 1020. The van der Waals surface area contributed by atoms with Gasteiger partial charge in [0.05, 0.1) is 18.2 Å². The van der Waals surface area contributed by atoms with Crippen molar-refractivity contribution in [2.75, 3.05) is 0 Å². The molecule has 0 heterocycles. The first-order chi connectivity index (χ1) is 15.9. The van der Waals surface area contributed by atoms with E-state index < -0.39 is 35.8 Å². The van der Waals surface area contributed by atoms with Gasteiger partial charge < -0.3 is 10.4 Å². The number of carbonyl (C=O) groups is 1. The highest BCUT2D eigenvalue weighted by molar-refractivity contribution is 5.83. The molecule has 0 bridgehead atoms. The molecule has 5 nitrogen and oxygen atoms in total. The zero-order chi connectivity index (χ0) is 25.1. The fraction of sp³-hybridized carbons (Fsp3) is 0.462. The van der Waals surface area contributed by atoms with Crippen LogP contribution in [0, 0.1) is 17.2 Å². The van der Waals surface area contributed by atoms with Crippen molar-refractivity contribution in [2.45, 2.75) is 69.9 Å². The van der Waals surface area contributed by atoms with E-state index in [0.717, 1.165) is 16.7 Å². The molecule has 3 rings (SSSR count). The van der Waals surface area contributed by atoms with Crippen LogP contribution < -0.4 is 10.6 Å². The number of amides is 1. The predicted octanol–water partition coefficient (Wildman–Crippen LogP) is 5.19. The average molecular weight is 474 g/mol. The monoisotopic (exact) mass is 473 g/mol. The summed E-state index contributed by atoms with van der Waals surface area (Å²) >= 11 is 0. The van der Waals surface area contributed by atoms with Gasteiger partial charge in [-0.3, -0.25) is 10.1 Å². The topological polar surface area (TPSA) is 85.2 Å². The van der Waals surface area contributed by atoms with Crippen LogP contribution in [0.25, 0.3) is 11.1 Å². The number of benzene rings is 2. The minimum atomic E-state index is -4.62. The summed E-state index contributed by atoms with van der Waals surface area (Å²) in [4.78, 5) is 12.8. The van der Waals surface area contributed by atoms with Crippen LogP contribution in [0.2, 0.25) is 0 Å². The standard InChI is InChI=1S/C26H30F3N3O2/c1-16(2)14-22(24(34)32-25(15-30)12-13-25)31-23(26(27,28)29)21-10-8-20(9-11-21)19-6-4-18(5-7-19)17(3)33/h4-11,16-17,22-23,31,33H,12-14H2,1-3H3,(H,32,34)/t17?,22-,23-/m0/s1. The van der Waals surface area contributed by atoms with Gasteiger partial charge in [0.2, 0.25) is 5.91 Å². The van der Waals surface area contributed by atoms with Gasteiger partial charge in [-0.05, 0) is 54.4 Å². The molecule has 0 radical (unpaired) electrons. The van der Waals surface area contributed by atoms with Gasteiger partial charge >= 0.3 is 6.18 Å². The largest absolute Gasteiger partial charge is 0.407 e. The van der Waals surface area contributed by atoms with Crippen molar-refractivity contribution in [1.29, 1.82) is 5.26 Å². The highest BCUT2D eigenvalue weighted by Crippen LogP contribution is 2.36. The van der Waals surface area contributed by atoms with E-state index in [-0.39, 0.29) is 17.9 Å². The molecule has 2 aromatic carbocycles. The number of aliphatic hydroxyl groups is 1. The quantitative estimate of drug-likeness (QED) is 0.468. The van der Waals surface area contributed by atoms with Gasteiger partial charge in [-0.1, -0.05) is 62.4 Å². The summed E-state index contributed by atoms with van der Waals surface area (Å²) in [5.74, 6) is -0.613. The van der Waals surface area contributed by atoms with Gasteiger partial charge in [-0.15, -0.1) is 0 Å². The second-order valence-corrected chi connectivity index (χ2v) is 9.43. The van der Waals surface area contributed by atoms with Crippen molar-refractivity contribution < 1.29 is 23.1 Å². The van der Waals surface area contributed by atoms with Crippen LogP contribution in [0.5, 0.6) is 0 Å². The van der Waals surface area contributed by atoms with Crippen LogP contribution in [0.4, 0.5) is 13.2 Å². The zero-order valence-electron chi connectivity index (χ0n) is 19.5. The lowest BCUT2D eigenvalue weighted by molar-refractivity contribution is -0.161. The van der Waals surface area contributed by atoms with E-state index >= 15 is 0 Å². The molecule has 3 N–H and O–H groups in total. The Morgan fingerprint density at radius 3 is 1.91 bits per heavy atom. The number of nitrogens with zero attached hydrogens (tertiary/aromatic N) is 1. The van der Waals surface area contributed by atoms with E-state index in [1.807, 2.05) is 32.0 Å². The van der Waals surface area contributed by atoms with Crippen molar-refractivity contribution in [2.24, 2.45) is 5.92 Å². The summed E-state index contributed by atoms with van der Waals surface area (Å²) in [6, 6.07) is 12.1. The van der Waals surface area contributed by atoms with Gasteiger partial charge in [0, 0.05) is 0 Å². The summed E-state index contributed by atoms with van der Waals surface area (Å²) in [6.45, 7) is 5.32. The molecule has 3 atom stereocenters. The number of hydrogen-bond acceptors (Lipinski definition) is 4. The Labute approximate surface area is 198 Å². The Kier molecular flexibility index (Phi) is 7.69. The summed E-state index contributed by atoms with van der Waals surface area (Å²) in [5.41, 5.74) is 1.35. The van der Waals surface area contributed by atoms with Crippen molar-refractivity contribution >= 4 is 5.91 Å². The molecule has 1 amide bonds. The number of rotatable bonds is 9. The molecular formula is C26H30F3N3O2. The Hall–Kier alpha value is -2.89. The van der Waals surface area contributed by atoms with Gasteiger partial charge in [-0.2, -0.15) is 18.4 Å². The van der Waals surface area contributed by atoms with Crippen LogP contribution in [-0.2, 0) is 4.79 Å². The first-order valence-electron chi connectivity index (χ1n) is 11.4. The third-order valence-electron chi connectivity index (χ3n) is 6.02. The maximum atomic E-state index is 14.1. The van der Waals surface area contributed by atoms with E-state index in [0.29, 0.717) is 12.8 Å². The van der Waals surface area contributed by atoms with Crippen molar-refractivity contribution in [1.82, 2.24) is 10.6 Å². The summed E-state index contributed by atoms with van der Waals surface area (Å²) < 4.78 is 42.2. The van der Waals surface area contributed by atoms with Gasteiger partial charge in [0.15, 0.2) is 0 Å². The highest BCUT2D eigenvalue weighted by Gasteiger charge is 2.47. The number of hydrogen-bond donors (Lipinski definition) is 3. The maximum absolute atomic E-state index is 14.1. The molecule has 1 saturated carbocycles. The van der Waals surface area contributed by atoms with Crippen LogP contribution in [0.15, 0.2) is 48.5 Å². The van der Waals surface area contributed by atoms with Gasteiger partial charge in [-0.25, -0.2) is 0 Å². The van der Waals surface area contributed by atoms with Crippen molar-refractivity contribution in [3.05, 3.63) is 59.7 Å². The van der Waals surface area contributed by atoms with E-state index in [4.69, 9.17) is 0 Å². The number of nitrogens with one attached hydrogen (secondary N) is 2. The molecule has 2 aromatic rings. The minimum Gasteiger partial charge on any atom is -0.389 e. The average Bonchev–Trinajstić information content (AvgIpc) is 3.55. The first kappa shape index (κ1) is 25.7. The smallest absolute Gasteiger partial charge is 0.389 e. The molecule has 0 saturated heterocycles. The van der Waals surface area contributed by atoms with Crippen molar-refractivity contribution in [3.8, 4) is 17.2 Å². The number of nitriles is 1. The molecule has 1 unspecified atom stereocenters. The normalized spacial score (nSPS) is 17.5. The number of alkyl halides is 3. The van der Waals surface area contributed by atoms with E-state index in [1.165, 1.54) is 12.1 Å². The Morgan fingerprint density at radius 1 is 1.03 bits per heavy atom. The highest BCUT2D eigenvalue weighted by atomic mass is 19.4. The lowest BCUT2D eigenvalue weighted by Gasteiger charge is -2.29. The Morgan fingerprint density at radius 2 is 1.53 bits per heavy atom. The summed E-state index contributed by atoms with van der Waals surface area (Å²) in [6.07, 6.45) is -4.01. The maximum Gasteiger partial charge on any atom is 0.407 e. The van der Waals surface area contributed by atoms with Crippen LogP contribution in [-0.4, -0.2) is 28.8 Å². The van der Waals surface area contributed by atoms with E-state index in [2.05, 4.69) is 10.6 Å². The van der Waals surface area contributed by atoms with E-state index in [1.54, 1.807) is 31.2 Å². The summed E-state index contributed by atoms with van der Waals surface area (Å²) in [5, 5.41) is 24.0. The van der Waals surface area contributed by atoms with Gasteiger partial charge in [0.25, 0.3) is 0 Å². The van der Waals surface area contributed by atoms with Gasteiger partial charge in [0.1, 0.15) is 11.6 Å². The minimum absolute atomic E-state index is 0.000162. The molecule has 1 fully saturated rings. The number of aliphatic hydroxyl groups excluding tert-OH is 1. The third kappa shape index (κ3) is 6.37. The second-order valence-electron chi connectivity index (χ2n) is 9.43. The Balaban J connectivity index is 1.82. The molecule has 8 heteroatoms. The van der Waals surface area contributed by atoms with Crippen molar-refractivity contribution in [3.63, 3.8) is 0 Å². The molecule has 182 valence electrons. The third-order valence-corrected chi connectivity index (χ3v) is 6.02. The first-order valence-corrected chi connectivity index (χ1v) is 11.4. The van der Waals surface area contributed by atoms with Crippen LogP contribution >= 0.6 is 0 Å². The molecule has 34 heavy (non-hydrogen) atoms.